The summed E-state index contributed by atoms with van der Waals surface area (Å²) >= 11 is 1.79. The summed E-state index contributed by atoms with van der Waals surface area (Å²) in [5.41, 5.74) is 2.16. The van der Waals surface area contributed by atoms with E-state index in [0.29, 0.717) is 17.8 Å². The molecule has 1 heterocycles. The number of methoxy groups -OCH3 is 1. The fourth-order valence-corrected chi connectivity index (χ4v) is 3.39. The van der Waals surface area contributed by atoms with Gasteiger partial charge in [0, 0.05) is 17.0 Å². The molecule has 0 aliphatic heterocycles. The zero-order valence-corrected chi connectivity index (χ0v) is 15.4. The lowest BCUT2D eigenvalue weighted by molar-refractivity contribution is 0.0954. The van der Waals surface area contributed by atoms with Gasteiger partial charge in [0.05, 0.1) is 24.6 Å². The third kappa shape index (κ3) is 4.67. The van der Waals surface area contributed by atoms with Crippen LogP contribution in [0.25, 0.3) is 11.3 Å². The highest BCUT2D eigenvalue weighted by atomic mass is 32.2. The zero-order valence-electron chi connectivity index (χ0n) is 14.6. The van der Waals surface area contributed by atoms with Gasteiger partial charge in [0.25, 0.3) is 5.91 Å². The Labute approximate surface area is 157 Å². The van der Waals surface area contributed by atoms with Crippen molar-refractivity contribution >= 4 is 17.7 Å². The number of rotatable bonds is 8. The molecular weight excluding hydrogens is 346 g/mol. The first kappa shape index (κ1) is 18.1. The summed E-state index contributed by atoms with van der Waals surface area (Å²) < 4.78 is 5.17. The number of aromatic nitrogens is 2. The second-order valence-electron chi connectivity index (χ2n) is 5.66. The quantitative estimate of drug-likeness (QED) is 0.466. The topological polar surface area (TPSA) is 67.0 Å². The van der Waals surface area contributed by atoms with Crippen molar-refractivity contribution in [3.63, 3.8) is 0 Å². The molecule has 1 aromatic heterocycles. The van der Waals surface area contributed by atoms with E-state index in [4.69, 9.17) is 4.74 Å². The maximum Gasteiger partial charge on any atom is 0.255 e. The molecule has 6 heteroatoms. The lowest BCUT2D eigenvalue weighted by Gasteiger charge is -2.07. The summed E-state index contributed by atoms with van der Waals surface area (Å²) in [4.78, 5) is 13.7. The SMILES string of the molecule is COc1ccc(-c2[nH]ncc2C(=O)NCCCSc2ccccc2)cc1. The Morgan fingerprint density at radius 1 is 1.15 bits per heavy atom. The van der Waals surface area contributed by atoms with Gasteiger partial charge in [-0.25, -0.2) is 0 Å². The van der Waals surface area contributed by atoms with Gasteiger partial charge in [-0.2, -0.15) is 5.10 Å². The van der Waals surface area contributed by atoms with Crippen LogP contribution in [-0.2, 0) is 0 Å². The largest absolute Gasteiger partial charge is 0.497 e. The summed E-state index contributed by atoms with van der Waals surface area (Å²) in [5.74, 6) is 1.62. The Kier molecular flexibility index (Phi) is 6.33. The number of amides is 1. The molecule has 0 aliphatic rings. The molecule has 134 valence electrons. The fourth-order valence-electron chi connectivity index (χ4n) is 2.51. The molecule has 0 saturated heterocycles. The number of aromatic amines is 1. The standard InChI is InChI=1S/C20H21N3O2S/c1-25-16-10-8-15(9-11-16)19-18(14-22-23-19)20(24)21-12-5-13-26-17-6-3-2-4-7-17/h2-4,6-11,14H,5,12-13H2,1H3,(H,21,24)(H,22,23). The van der Waals surface area contributed by atoms with Crippen LogP contribution in [0.15, 0.2) is 65.7 Å². The smallest absolute Gasteiger partial charge is 0.255 e. The highest BCUT2D eigenvalue weighted by Gasteiger charge is 2.14. The van der Waals surface area contributed by atoms with Crippen LogP contribution in [0, 0.1) is 0 Å². The van der Waals surface area contributed by atoms with Crippen LogP contribution >= 0.6 is 11.8 Å². The number of nitrogens with one attached hydrogen (secondary N) is 2. The van der Waals surface area contributed by atoms with Gasteiger partial charge in [-0.05, 0) is 48.6 Å². The molecule has 2 N–H and O–H groups in total. The van der Waals surface area contributed by atoms with E-state index in [1.54, 1.807) is 25.1 Å². The van der Waals surface area contributed by atoms with Crippen LogP contribution in [0.4, 0.5) is 0 Å². The molecule has 5 nitrogen and oxygen atoms in total. The van der Waals surface area contributed by atoms with Crippen molar-refractivity contribution in [3.8, 4) is 17.0 Å². The lowest BCUT2D eigenvalue weighted by Crippen LogP contribution is -2.25. The van der Waals surface area contributed by atoms with Gasteiger partial charge in [-0.3, -0.25) is 9.89 Å². The normalized spacial score (nSPS) is 10.5. The predicted octanol–water partition coefficient (Wildman–Crippen LogP) is 4.00. The van der Waals surface area contributed by atoms with Crippen LogP contribution in [0.5, 0.6) is 5.75 Å². The van der Waals surface area contributed by atoms with Gasteiger partial charge in [0.1, 0.15) is 5.75 Å². The number of H-pyrrole nitrogens is 1. The number of carbonyl (C=O) groups is 1. The number of ether oxygens (including phenoxy) is 1. The third-order valence-corrected chi connectivity index (χ3v) is 4.98. The van der Waals surface area contributed by atoms with Gasteiger partial charge >= 0.3 is 0 Å². The first-order chi connectivity index (χ1) is 12.8. The number of thioether (sulfide) groups is 1. The Morgan fingerprint density at radius 3 is 2.65 bits per heavy atom. The van der Waals surface area contributed by atoms with Crippen molar-refractivity contribution < 1.29 is 9.53 Å². The maximum absolute atomic E-state index is 12.5. The molecule has 0 atom stereocenters. The summed E-state index contributed by atoms with van der Waals surface area (Å²) in [6.45, 7) is 0.631. The molecule has 0 radical (unpaired) electrons. The van der Waals surface area contributed by atoms with Crippen LogP contribution in [0.1, 0.15) is 16.8 Å². The van der Waals surface area contributed by atoms with Gasteiger partial charge in [0.2, 0.25) is 0 Å². The molecule has 0 bridgehead atoms. The molecule has 0 spiro atoms. The van der Waals surface area contributed by atoms with Crippen LogP contribution in [0.3, 0.4) is 0 Å². The molecule has 2 aromatic carbocycles. The Bertz CT molecular complexity index is 832. The predicted molar refractivity (Wildman–Crippen MR) is 105 cm³/mol. The van der Waals surface area contributed by atoms with E-state index < -0.39 is 0 Å². The molecule has 3 aromatic rings. The fraction of sp³-hybridized carbons (Fsp3) is 0.200. The van der Waals surface area contributed by atoms with E-state index in [1.807, 2.05) is 42.5 Å². The molecular formula is C20H21N3O2S. The molecule has 1 amide bonds. The Morgan fingerprint density at radius 2 is 1.92 bits per heavy atom. The monoisotopic (exact) mass is 367 g/mol. The van der Waals surface area contributed by atoms with Crippen molar-refractivity contribution in [1.29, 1.82) is 0 Å². The highest BCUT2D eigenvalue weighted by molar-refractivity contribution is 7.99. The first-order valence-corrected chi connectivity index (χ1v) is 9.40. The molecule has 3 rings (SSSR count). The van der Waals surface area contributed by atoms with Crippen LogP contribution in [0.2, 0.25) is 0 Å². The first-order valence-electron chi connectivity index (χ1n) is 8.42. The number of hydrogen-bond acceptors (Lipinski definition) is 4. The van der Waals surface area contributed by atoms with Crippen LogP contribution in [-0.4, -0.2) is 35.5 Å². The van der Waals surface area contributed by atoms with Gasteiger partial charge < -0.3 is 10.1 Å². The van der Waals surface area contributed by atoms with Crippen molar-refractivity contribution in [2.75, 3.05) is 19.4 Å². The van der Waals surface area contributed by atoms with E-state index in [-0.39, 0.29) is 5.91 Å². The second kappa shape index (κ2) is 9.10. The van der Waals surface area contributed by atoms with Crippen LogP contribution < -0.4 is 10.1 Å². The summed E-state index contributed by atoms with van der Waals surface area (Å²) in [6, 6.07) is 17.8. The van der Waals surface area contributed by atoms with Crippen molar-refractivity contribution in [2.45, 2.75) is 11.3 Å². The van der Waals surface area contributed by atoms with Gasteiger partial charge in [-0.1, -0.05) is 18.2 Å². The summed E-state index contributed by atoms with van der Waals surface area (Å²) in [7, 11) is 1.63. The highest BCUT2D eigenvalue weighted by Crippen LogP contribution is 2.23. The number of hydrogen-bond donors (Lipinski definition) is 2. The minimum Gasteiger partial charge on any atom is -0.497 e. The molecule has 0 unspecified atom stereocenters. The summed E-state index contributed by atoms with van der Waals surface area (Å²) in [6.07, 6.45) is 2.47. The van der Waals surface area contributed by atoms with Gasteiger partial charge in [-0.15, -0.1) is 11.8 Å². The third-order valence-electron chi connectivity index (χ3n) is 3.88. The van der Waals surface area contributed by atoms with E-state index in [0.717, 1.165) is 23.5 Å². The van der Waals surface area contributed by atoms with E-state index in [9.17, 15) is 4.79 Å². The van der Waals surface area contributed by atoms with E-state index in [2.05, 4.69) is 27.6 Å². The van der Waals surface area contributed by atoms with E-state index >= 15 is 0 Å². The molecule has 0 fully saturated rings. The number of carbonyl (C=O) groups excluding carboxylic acids is 1. The molecule has 0 saturated carbocycles. The number of nitrogens with zero attached hydrogens (tertiary/aromatic N) is 1. The minimum atomic E-state index is -0.116. The minimum absolute atomic E-state index is 0.116. The molecule has 0 aliphatic carbocycles. The summed E-state index contributed by atoms with van der Waals surface area (Å²) in [5, 5.41) is 9.90. The van der Waals surface area contributed by atoms with Crippen molar-refractivity contribution in [1.82, 2.24) is 15.5 Å². The molecule has 26 heavy (non-hydrogen) atoms. The van der Waals surface area contributed by atoms with Crippen molar-refractivity contribution in [2.24, 2.45) is 0 Å². The second-order valence-corrected chi connectivity index (χ2v) is 6.83. The number of benzene rings is 2. The average Bonchev–Trinajstić information content (AvgIpc) is 3.18. The zero-order chi connectivity index (χ0) is 18.2. The van der Waals surface area contributed by atoms with E-state index in [1.165, 1.54) is 4.90 Å². The maximum atomic E-state index is 12.5. The van der Waals surface area contributed by atoms with Crippen molar-refractivity contribution in [3.05, 3.63) is 66.4 Å². The van der Waals surface area contributed by atoms with Gasteiger partial charge in [0.15, 0.2) is 0 Å². The lowest BCUT2D eigenvalue weighted by atomic mass is 10.1. The average molecular weight is 367 g/mol. The Balaban J connectivity index is 1.51. The Hall–Kier alpha value is -2.73.